The molecule has 2 aromatic rings. The highest BCUT2D eigenvalue weighted by Gasteiger charge is 2.34. The molecule has 1 aliphatic carbocycles. The van der Waals surface area contributed by atoms with Gasteiger partial charge in [-0.25, -0.2) is 0 Å². The second-order valence-corrected chi connectivity index (χ2v) is 5.07. The van der Waals surface area contributed by atoms with Crippen LogP contribution in [-0.4, -0.2) is 6.10 Å². The SMILES string of the molecule is CCCC(OF)C1c2ccccc2-c2ccccc21. The van der Waals surface area contributed by atoms with Crippen LogP contribution in [0.3, 0.4) is 0 Å². The molecule has 0 bridgehead atoms. The fourth-order valence-electron chi connectivity index (χ4n) is 3.14. The van der Waals surface area contributed by atoms with E-state index in [4.69, 9.17) is 0 Å². The Morgan fingerprint density at radius 2 is 1.53 bits per heavy atom. The summed E-state index contributed by atoms with van der Waals surface area (Å²) in [6, 6.07) is 16.5. The summed E-state index contributed by atoms with van der Waals surface area (Å²) in [5, 5.41) is 0. The molecular weight excluding hydrogens is 239 g/mol. The first-order chi connectivity index (χ1) is 9.36. The van der Waals surface area contributed by atoms with Crippen molar-refractivity contribution in [2.75, 3.05) is 0 Å². The Labute approximate surface area is 112 Å². The molecule has 0 spiro atoms. The Morgan fingerprint density at radius 3 is 2.00 bits per heavy atom. The second kappa shape index (κ2) is 5.14. The molecule has 0 N–H and O–H groups in total. The first kappa shape index (κ1) is 12.4. The summed E-state index contributed by atoms with van der Waals surface area (Å²) in [5.74, 6) is 0.0114. The Morgan fingerprint density at radius 1 is 1.00 bits per heavy atom. The Balaban J connectivity index is 2.14. The number of hydrogen-bond acceptors (Lipinski definition) is 1. The van der Waals surface area contributed by atoms with Gasteiger partial charge in [0.05, 0.1) is 0 Å². The van der Waals surface area contributed by atoms with Crippen LogP contribution in [0.25, 0.3) is 11.1 Å². The van der Waals surface area contributed by atoms with Crippen molar-refractivity contribution < 1.29 is 9.47 Å². The van der Waals surface area contributed by atoms with E-state index in [1.165, 1.54) is 22.3 Å². The zero-order valence-electron chi connectivity index (χ0n) is 11.0. The highest BCUT2D eigenvalue weighted by atomic mass is 19.3. The Kier molecular flexibility index (Phi) is 3.34. The predicted octanol–water partition coefficient (Wildman–Crippen LogP) is 4.87. The zero-order valence-corrected chi connectivity index (χ0v) is 11.0. The summed E-state index contributed by atoms with van der Waals surface area (Å²) in [4.78, 5) is 4.29. The maximum atomic E-state index is 13.0. The zero-order chi connectivity index (χ0) is 13.2. The van der Waals surface area contributed by atoms with Gasteiger partial charge in [0, 0.05) is 5.92 Å². The summed E-state index contributed by atoms with van der Waals surface area (Å²) in [7, 11) is 0. The lowest BCUT2D eigenvalue weighted by Gasteiger charge is -2.21. The molecule has 2 heteroatoms. The van der Waals surface area contributed by atoms with Crippen molar-refractivity contribution in [3.63, 3.8) is 0 Å². The number of hydrogen-bond donors (Lipinski definition) is 0. The van der Waals surface area contributed by atoms with Crippen LogP contribution in [0.5, 0.6) is 0 Å². The van der Waals surface area contributed by atoms with E-state index in [-0.39, 0.29) is 5.92 Å². The average Bonchev–Trinajstić information content (AvgIpc) is 2.80. The molecule has 1 unspecified atom stereocenters. The van der Waals surface area contributed by atoms with Gasteiger partial charge in [-0.3, -0.25) is 0 Å². The van der Waals surface area contributed by atoms with Crippen molar-refractivity contribution in [3.05, 3.63) is 59.7 Å². The van der Waals surface area contributed by atoms with Gasteiger partial charge >= 0.3 is 0 Å². The number of benzene rings is 2. The molecule has 3 rings (SSSR count). The molecule has 19 heavy (non-hydrogen) atoms. The molecule has 98 valence electrons. The summed E-state index contributed by atoms with van der Waals surface area (Å²) in [6.07, 6.45) is 1.24. The molecule has 0 amide bonds. The molecule has 1 aliphatic rings. The van der Waals surface area contributed by atoms with Gasteiger partial charge in [0.2, 0.25) is 0 Å². The Hall–Kier alpha value is -1.67. The third kappa shape index (κ3) is 1.96. The monoisotopic (exact) mass is 256 g/mol. The van der Waals surface area contributed by atoms with E-state index in [9.17, 15) is 4.53 Å². The molecule has 0 radical (unpaired) electrons. The summed E-state index contributed by atoms with van der Waals surface area (Å²) in [5.41, 5.74) is 4.78. The maximum absolute atomic E-state index is 13.0. The molecule has 0 aliphatic heterocycles. The lowest BCUT2D eigenvalue weighted by Crippen LogP contribution is -2.19. The molecule has 2 aromatic carbocycles. The van der Waals surface area contributed by atoms with Crippen LogP contribution < -0.4 is 0 Å². The van der Waals surface area contributed by atoms with E-state index in [1.54, 1.807) is 0 Å². The van der Waals surface area contributed by atoms with Crippen LogP contribution in [0.15, 0.2) is 48.5 Å². The summed E-state index contributed by atoms with van der Waals surface area (Å²) < 4.78 is 13.0. The van der Waals surface area contributed by atoms with E-state index >= 15 is 0 Å². The predicted molar refractivity (Wildman–Crippen MR) is 74.6 cm³/mol. The Bertz CT molecular complexity index is 533. The molecule has 0 fully saturated rings. The van der Waals surface area contributed by atoms with Crippen LogP contribution >= 0.6 is 0 Å². The van der Waals surface area contributed by atoms with Gasteiger partial charge in [-0.1, -0.05) is 61.9 Å². The van der Waals surface area contributed by atoms with Crippen LogP contribution in [0.2, 0.25) is 0 Å². The van der Waals surface area contributed by atoms with Crippen molar-refractivity contribution in [1.82, 2.24) is 0 Å². The minimum atomic E-state index is -0.394. The van der Waals surface area contributed by atoms with Gasteiger partial charge in [0.15, 0.2) is 0 Å². The van der Waals surface area contributed by atoms with Crippen molar-refractivity contribution in [2.24, 2.45) is 0 Å². The number of fused-ring (bicyclic) bond motifs is 3. The molecule has 1 nitrogen and oxygen atoms in total. The lowest BCUT2D eigenvalue weighted by molar-refractivity contribution is -0.185. The highest BCUT2D eigenvalue weighted by molar-refractivity contribution is 5.79. The van der Waals surface area contributed by atoms with E-state index in [1.807, 2.05) is 24.3 Å². The molecule has 0 saturated heterocycles. The fourth-order valence-corrected chi connectivity index (χ4v) is 3.14. The topological polar surface area (TPSA) is 9.23 Å². The van der Waals surface area contributed by atoms with Crippen LogP contribution in [-0.2, 0) is 4.94 Å². The van der Waals surface area contributed by atoms with Gasteiger partial charge in [-0.05, 0) is 33.2 Å². The van der Waals surface area contributed by atoms with Crippen molar-refractivity contribution in [1.29, 1.82) is 0 Å². The molecular formula is C17H17FO. The maximum Gasteiger partial charge on any atom is 0.109 e. The van der Waals surface area contributed by atoms with E-state index in [0.29, 0.717) is 0 Å². The van der Waals surface area contributed by atoms with Crippen molar-refractivity contribution in [3.8, 4) is 11.1 Å². The summed E-state index contributed by atoms with van der Waals surface area (Å²) >= 11 is 0. The first-order valence-corrected chi connectivity index (χ1v) is 6.82. The third-order valence-electron chi connectivity index (χ3n) is 3.94. The van der Waals surface area contributed by atoms with E-state index in [2.05, 4.69) is 36.1 Å². The van der Waals surface area contributed by atoms with Gasteiger partial charge in [0.1, 0.15) is 6.10 Å². The second-order valence-electron chi connectivity index (χ2n) is 5.07. The molecule has 0 saturated carbocycles. The lowest BCUT2D eigenvalue weighted by atomic mass is 9.89. The highest BCUT2D eigenvalue weighted by Crippen LogP contribution is 2.47. The van der Waals surface area contributed by atoms with Crippen molar-refractivity contribution in [2.45, 2.75) is 31.8 Å². The standard InChI is InChI=1S/C17H17FO/c1-2-7-16(19-18)17-14-10-5-3-8-12(14)13-9-4-6-11-15(13)17/h3-6,8-11,16-17H,2,7H2,1H3. The van der Waals surface area contributed by atoms with Gasteiger partial charge in [0.25, 0.3) is 0 Å². The normalized spacial score (nSPS) is 15.1. The van der Waals surface area contributed by atoms with Gasteiger partial charge < -0.3 is 0 Å². The van der Waals surface area contributed by atoms with E-state index < -0.39 is 6.10 Å². The van der Waals surface area contributed by atoms with E-state index in [0.717, 1.165) is 12.8 Å². The largest absolute Gasteiger partial charge is 0.190 e. The minimum absolute atomic E-state index is 0.0114. The molecule has 1 atom stereocenters. The quantitative estimate of drug-likeness (QED) is 0.758. The fraction of sp³-hybridized carbons (Fsp3) is 0.294. The minimum Gasteiger partial charge on any atom is -0.190 e. The number of rotatable bonds is 4. The first-order valence-electron chi connectivity index (χ1n) is 6.82. The van der Waals surface area contributed by atoms with Gasteiger partial charge in [-0.2, -0.15) is 4.94 Å². The smallest absolute Gasteiger partial charge is 0.109 e. The van der Waals surface area contributed by atoms with Crippen LogP contribution in [0, 0.1) is 0 Å². The van der Waals surface area contributed by atoms with Crippen LogP contribution in [0.1, 0.15) is 36.8 Å². The third-order valence-corrected chi connectivity index (χ3v) is 3.94. The molecule has 0 aromatic heterocycles. The van der Waals surface area contributed by atoms with Crippen molar-refractivity contribution >= 4 is 0 Å². The summed E-state index contributed by atoms with van der Waals surface area (Å²) in [6.45, 7) is 2.05. The average molecular weight is 256 g/mol. The van der Waals surface area contributed by atoms with Gasteiger partial charge in [-0.15, -0.1) is 0 Å². The van der Waals surface area contributed by atoms with Crippen LogP contribution in [0.4, 0.5) is 4.53 Å². The number of halogens is 1. The molecule has 0 heterocycles.